The van der Waals surface area contributed by atoms with Gasteiger partial charge in [-0.05, 0) is 49.1 Å². The molecule has 19 heavy (non-hydrogen) atoms. The van der Waals surface area contributed by atoms with Crippen LogP contribution in [0.25, 0.3) is 0 Å². The Balaban J connectivity index is 2.02. The molecule has 0 fully saturated rings. The summed E-state index contributed by atoms with van der Waals surface area (Å²) in [4.78, 5) is 0. The molecule has 0 aromatic heterocycles. The number of benzene rings is 2. The van der Waals surface area contributed by atoms with E-state index < -0.39 is 0 Å². The Morgan fingerprint density at radius 1 is 1.05 bits per heavy atom. The molecular formula is C17H20ClN. The van der Waals surface area contributed by atoms with Crippen LogP contribution in [0.1, 0.15) is 35.2 Å². The SMILES string of the molecule is Cc1ccc(CNC(C)c2ccccc2C)cc1Cl. The third kappa shape index (κ3) is 3.59. The number of halogens is 1. The van der Waals surface area contributed by atoms with Crippen LogP contribution in [0.4, 0.5) is 0 Å². The second-order valence-electron chi connectivity index (χ2n) is 5.04. The van der Waals surface area contributed by atoms with Gasteiger partial charge >= 0.3 is 0 Å². The third-order valence-electron chi connectivity index (χ3n) is 3.50. The van der Waals surface area contributed by atoms with E-state index >= 15 is 0 Å². The molecule has 100 valence electrons. The normalized spacial score (nSPS) is 12.4. The van der Waals surface area contributed by atoms with Gasteiger partial charge in [-0.15, -0.1) is 0 Å². The topological polar surface area (TPSA) is 12.0 Å². The molecule has 0 saturated heterocycles. The number of nitrogens with one attached hydrogen (secondary N) is 1. The van der Waals surface area contributed by atoms with Crippen molar-refractivity contribution >= 4 is 11.6 Å². The van der Waals surface area contributed by atoms with Crippen molar-refractivity contribution in [2.75, 3.05) is 0 Å². The summed E-state index contributed by atoms with van der Waals surface area (Å²) in [6, 6.07) is 15.0. The molecule has 0 aliphatic rings. The van der Waals surface area contributed by atoms with E-state index in [-0.39, 0.29) is 0 Å². The molecule has 1 atom stereocenters. The van der Waals surface area contributed by atoms with Crippen molar-refractivity contribution in [3.05, 3.63) is 69.7 Å². The molecule has 2 aromatic rings. The minimum absolute atomic E-state index is 0.335. The highest BCUT2D eigenvalue weighted by Crippen LogP contribution is 2.19. The summed E-state index contributed by atoms with van der Waals surface area (Å²) in [5.74, 6) is 0. The molecule has 1 N–H and O–H groups in total. The minimum Gasteiger partial charge on any atom is -0.306 e. The van der Waals surface area contributed by atoms with E-state index in [4.69, 9.17) is 11.6 Å². The zero-order valence-electron chi connectivity index (χ0n) is 11.7. The van der Waals surface area contributed by atoms with Gasteiger partial charge < -0.3 is 5.32 Å². The van der Waals surface area contributed by atoms with Crippen molar-refractivity contribution in [1.82, 2.24) is 5.32 Å². The van der Waals surface area contributed by atoms with Crippen LogP contribution in [-0.4, -0.2) is 0 Å². The second kappa shape index (κ2) is 6.23. The lowest BCUT2D eigenvalue weighted by Crippen LogP contribution is -2.18. The quantitative estimate of drug-likeness (QED) is 0.843. The highest BCUT2D eigenvalue weighted by molar-refractivity contribution is 6.31. The fraction of sp³-hybridized carbons (Fsp3) is 0.294. The van der Waals surface area contributed by atoms with E-state index in [9.17, 15) is 0 Å². The minimum atomic E-state index is 0.335. The number of rotatable bonds is 4. The monoisotopic (exact) mass is 273 g/mol. The van der Waals surface area contributed by atoms with Crippen LogP contribution in [0.2, 0.25) is 5.02 Å². The van der Waals surface area contributed by atoms with Crippen LogP contribution in [0, 0.1) is 13.8 Å². The maximum atomic E-state index is 6.14. The molecule has 1 nitrogen and oxygen atoms in total. The molecule has 0 aliphatic heterocycles. The maximum Gasteiger partial charge on any atom is 0.0438 e. The predicted octanol–water partition coefficient (Wildman–Crippen LogP) is 4.81. The standard InChI is InChI=1S/C17H20ClN/c1-12-6-4-5-7-16(12)14(3)19-11-15-9-8-13(2)17(18)10-15/h4-10,14,19H,11H2,1-3H3. The van der Waals surface area contributed by atoms with E-state index in [0.29, 0.717) is 6.04 Å². The number of hydrogen-bond acceptors (Lipinski definition) is 1. The average molecular weight is 274 g/mol. The van der Waals surface area contributed by atoms with Crippen molar-refractivity contribution < 1.29 is 0 Å². The van der Waals surface area contributed by atoms with E-state index in [1.165, 1.54) is 16.7 Å². The molecule has 1 unspecified atom stereocenters. The van der Waals surface area contributed by atoms with E-state index in [2.05, 4.69) is 55.6 Å². The van der Waals surface area contributed by atoms with E-state index in [0.717, 1.165) is 17.1 Å². The second-order valence-corrected chi connectivity index (χ2v) is 5.45. The molecule has 0 saturated carbocycles. The first-order chi connectivity index (χ1) is 9.08. The lowest BCUT2D eigenvalue weighted by atomic mass is 10.0. The van der Waals surface area contributed by atoms with Gasteiger partial charge in [0.1, 0.15) is 0 Å². The van der Waals surface area contributed by atoms with Gasteiger partial charge in [0.2, 0.25) is 0 Å². The van der Waals surface area contributed by atoms with E-state index in [1.807, 2.05) is 13.0 Å². The Bertz CT molecular complexity index is 563. The Hall–Kier alpha value is -1.31. The first-order valence-corrected chi connectivity index (χ1v) is 6.99. The summed E-state index contributed by atoms with van der Waals surface area (Å²) in [7, 11) is 0. The molecular weight excluding hydrogens is 254 g/mol. The first kappa shape index (κ1) is 14.1. The summed E-state index contributed by atoms with van der Waals surface area (Å²) in [5.41, 5.74) is 5.01. The van der Waals surface area contributed by atoms with Gasteiger partial charge in [-0.1, -0.05) is 48.0 Å². The highest BCUT2D eigenvalue weighted by atomic mass is 35.5. The summed E-state index contributed by atoms with van der Waals surface area (Å²) in [6.45, 7) is 7.19. The van der Waals surface area contributed by atoms with Crippen LogP contribution in [0.5, 0.6) is 0 Å². The number of aryl methyl sites for hydroxylation is 2. The van der Waals surface area contributed by atoms with Crippen LogP contribution >= 0.6 is 11.6 Å². The summed E-state index contributed by atoms with van der Waals surface area (Å²) < 4.78 is 0. The molecule has 2 aromatic carbocycles. The van der Waals surface area contributed by atoms with Crippen LogP contribution in [0.15, 0.2) is 42.5 Å². The van der Waals surface area contributed by atoms with Crippen LogP contribution in [0.3, 0.4) is 0 Å². The lowest BCUT2D eigenvalue weighted by molar-refractivity contribution is 0.572. The first-order valence-electron chi connectivity index (χ1n) is 6.62. The molecule has 0 bridgehead atoms. The fourth-order valence-electron chi connectivity index (χ4n) is 2.20. The van der Waals surface area contributed by atoms with Gasteiger partial charge in [0, 0.05) is 17.6 Å². The van der Waals surface area contributed by atoms with Crippen molar-refractivity contribution in [2.24, 2.45) is 0 Å². The Morgan fingerprint density at radius 3 is 2.47 bits per heavy atom. The Kier molecular flexibility index (Phi) is 4.62. The molecule has 0 heterocycles. The zero-order valence-corrected chi connectivity index (χ0v) is 12.5. The molecule has 0 radical (unpaired) electrons. The Morgan fingerprint density at radius 2 is 1.79 bits per heavy atom. The zero-order chi connectivity index (χ0) is 13.8. The van der Waals surface area contributed by atoms with Crippen molar-refractivity contribution in [1.29, 1.82) is 0 Å². The molecule has 0 aliphatic carbocycles. The summed E-state index contributed by atoms with van der Waals surface area (Å²) in [5, 5.41) is 4.38. The van der Waals surface area contributed by atoms with Crippen molar-refractivity contribution in [3.8, 4) is 0 Å². The largest absolute Gasteiger partial charge is 0.306 e. The molecule has 2 heteroatoms. The van der Waals surface area contributed by atoms with Crippen LogP contribution < -0.4 is 5.32 Å². The molecule has 0 amide bonds. The van der Waals surface area contributed by atoms with Gasteiger partial charge in [0.15, 0.2) is 0 Å². The van der Waals surface area contributed by atoms with E-state index in [1.54, 1.807) is 0 Å². The predicted molar refractivity (Wildman–Crippen MR) is 82.6 cm³/mol. The maximum absolute atomic E-state index is 6.14. The summed E-state index contributed by atoms with van der Waals surface area (Å²) in [6.07, 6.45) is 0. The fourth-order valence-corrected chi connectivity index (χ4v) is 2.40. The van der Waals surface area contributed by atoms with Gasteiger partial charge in [0.25, 0.3) is 0 Å². The van der Waals surface area contributed by atoms with Crippen molar-refractivity contribution in [3.63, 3.8) is 0 Å². The van der Waals surface area contributed by atoms with Gasteiger partial charge in [-0.2, -0.15) is 0 Å². The van der Waals surface area contributed by atoms with Gasteiger partial charge in [-0.25, -0.2) is 0 Å². The van der Waals surface area contributed by atoms with Gasteiger partial charge in [-0.3, -0.25) is 0 Å². The summed E-state index contributed by atoms with van der Waals surface area (Å²) >= 11 is 6.14. The Labute approximate surface area is 120 Å². The van der Waals surface area contributed by atoms with Gasteiger partial charge in [0.05, 0.1) is 0 Å². The smallest absolute Gasteiger partial charge is 0.0438 e. The lowest BCUT2D eigenvalue weighted by Gasteiger charge is -2.17. The number of hydrogen-bond donors (Lipinski definition) is 1. The molecule has 0 spiro atoms. The molecule has 2 rings (SSSR count). The highest BCUT2D eigenvalue weighted by Gasteiger charge is 2.07. The third-order valence-corrected chi connectivity index (χ3v) is 3.91. The average Bonchev–Trinajstić information content (AvgIpc) is 2.40. The van der Waals surface area contributed by atoms with Crippen molar-refractivity contribution in [2.45, 2.75) is 33.4 Å². The van der Waals surface area contributed by atoms with Crippen LogP contribution in [-0.2, 0) is 6.54 Å².